The molecule has 0 spiro atoms. The van der Waals surface area contributed by atoms with E-state index in [-0.39, 0.29) is 30.2 Å². The highest BCUT2D eigenvalue weighted by molar-refractivity contribution is 5.94. The largest absolute Gasteiger partial charge is 0.493 e. The van der Waals surface area contributed by atoms with E-state index in [1.54, 1.807) is 0 Å². The van der Waals surface area contributed by atoms with Crippen LogP contribution >= 0.6 is 0 Å². The monoisotopic (exact) mass is 541 g/mol. The van der Waals surface area contributed by atoms with Crippen molar-refractivity contribution in [3.8, 4) is 11.5 Å². The first-order valence-corrected chi connectivity index (χ1v) is 11.5. The maximum atomic E-state index is 12.3. The third-order valence-electron chi connectivity index (χ3n) is 5.01. The molecule has 1 saturated heterocycles. The van der Waals surface area contributed by atoms with E-state index in [0.29, 0.717) is 0 Å². The second kappa shape index (κ2) is 14.1. The van der Waals surface area contributed by atoms with Gasteiger partial charge in [-0.1, -0.05) is 0 Å². The number of rotatable bonds is 11. The minimum Gasteiger partial charge on any atom is -0.493 e. The van der Waals surface area contributed by atoms with Crippen molar-refractivity contribution in [2.45, 2.75) is 58.4 Å². The van der Waals surface area contributed by atoms with Crippen molar-refractivity contribution in [3.05, 3.63) is 23.8 Å². The Morgan fingerprint density at radius 3 is 2.03 bits per heavy atom. The van der Waals surface area contributed by atoms with Crippen molar-refractivity contribution < 1.29 is 62.2 Å². The first-order chi connectivity index (χ1) is 18.0. The molecule has 1 heterocycles. The number of ether oxygens (including phenoxy) is 7. The van der Waals surface area contributed by atoms with E-state index in [4.69, 9.17) is 38.3 Å². The fourth-order valence-corrected chi connectivity index (χ4v) is 3.59. The Labute approximate surface area is 218 Å². The van der Waals surface area contributed by atoms with E-state index in [2.05, 4.69) is 5.32 Å². The number of benzene rings is 1. The lowest BCUT2D eigenvalue weighted by molar-refractivity contribution is -0.288. The molecule has 38 heavy (non-hydrogen) atoms. The summed E-state index contributed by atoms with van der Waals surface area (Å²) in [6, 6.07) is 4.17. The average molecular weight is 542 g/mol. The van der Waals surface area contributed by atoms with Gasteiger partial charge >= 0.3 is 23.9 Å². The fourth-order valence-electron chi connectivity index (χ4n) is 3.59. The summed E-state index contributed by atoms with van der Waals surface area (Å²) in [6.07, 6.45) is -6.85. The molecule has 5 atom stereocenters. The lowest BCUT2D eigenvalue weighted by Crippen LogP contribution is -2.63. The van der Waals surface area contributed by atoms with Crippen LogP contribution in [0.1, 0.15) is 38.1 Å². The Hall–Kier alpha value is -3.91. The van der Waals surface area contributed by atoms with Crippen LogP contribution < -0.4 is 14.8 Å². The highest BCUT2D eigenvalue weighted by Crippen LogP contribution is 2.34. The van der Waals surface area contributed by atoms with E-state index >= 15 is 0 Å². The lowest BCUT2D eigenvalue weighted by atomic mass is 9.98. The standard InChI is InChI=1S/C24H31NO13/c1-12(27)33-11-19-20(34-13(2)28)21(35-14(3)29)22(36-15(4)30)24(38-19)37-17-7-6-16(10-18(17)32-5)23(31)25-8-9-26/h6-7,10,19-22,24,26H,8-9,11H2,1-5H3,(H,25,31)/t19-,20-,21+,22-,24?/m0/s1. The summed E-state index contributed by atoms with van der Waals surface area (Å²) >= 11 is 0. The second-order valence-corrected chi connectivity index (χ2v) is 8.03. The van der Waals surface area contributed by atoms with Crippen LogP contribution in [0, 0.1) is 0 Å². The summed E-state index contributed by atoms with van der Waals surface area (Å²) in [5.74, 6) is -3.33. The second-order valence-electron chi connectivity index (χ2n) is 8.03. The molecule has 1 aliphatic heterocycles. The van der Waals surface area contributed by atoms with Gasteiger partial charge < -0.3 is 43.6 Å². The number of carbonyl (C=O) groups is 5. The van der Waals surface area contributed by atoms with E-state index in [1.807, 2.05) is 0 Å². The van der Waals surface area contributed by atoms with Crippen LogP contribution in [0.5, 0.6) is 11.5 Å². The molecule has 2 N–H and O–H groups in total. The van der Waals surface area contributed by atoms with Gasteiger partial charge in [0.25, 0.3) is 5.91 Å². The minimum atomic E-state index is -1.47. The summed E-state index contributed by atoms with van der Waals surface area (Å²) in [6.45, 7) is 3.86. The molecule has 0 saturated carbocycles. The fraction of sp³-hybridized carbons (Fsp3) is 0.542. The number of amides is 1. The zero-order valence-corrected chi connectivity index (χ0v) is 21.6. The molecule has 1 amide bonds. The van der Waals surface area contributed by atoms with Gasteiger partial charge in [-0.25, -0.2) is 0 Å². The zero-order chi connectivity index (χ0) is 28.4. The Kier molecular flexibility index (Phi) is 11.3. The van der Waals surface area contributed by atoms with E-state index in [9.17, 15) is 24.0 Å². The van der Waals surface area contributed by atoms with Gasteiger partial charge in [-0.3, -0.25) is 24.0 Å². The molecule has 14 heteroatoms. The number of aliphatic hydroxyl groups excluding tert-OH is 1. The maximum absolute atomic E-state index is 12.3. The predicted octanol–water partition coefficient (Wildman–Crippen LogP) is -0.121. The highest BCUT2D eigenvalue weighted by Gasteiger charge is 2.53. The summed E-state index contributed by atoms with van der Waals surface area (Å²) in [5, 5.41) is 11.4. The van der Waals surface area contributed by atoms with Gasteiger partial charge in [0.05, 0.1) is 13.7 Å². The van der Waals surface area contributed by atoms with Crippen molar-refractivity contribution in [2.24, 2.45) is 0 Å². The van der Waals surface area contributed by atoms with E-state index in [0.717, 1.165) is 27.7 Å². The van der Waals surface area contributed by atoms with Gasteiger partial charge in [0.2, 0.25) is 12.4 Å². The molecule has 1 aromatic carbocycles. The Balaban J connectivity index is 2.48. The zero-order valence-electron chi connectivity index (χ0n) is 21.6. The molecule has 0 aliphatic carbocycles. The first kappa shape index (κ1) is 30.3. The summed E-state index contributed by atoms with van der Waals surface area (Å²) in [5.41, 5.74) is 0.198. The van der Waals surface area contributed by atoms with Crippen molar-refractivity contribution in [3.63, 3.8) is 0 Å². The number of nitrogens with one attached hydrogen (secondary N) is 1. The lowest BCUT2D eigenvalue weighted by Gasteiger charge is -2.44. The van der Waals surface area contributed by atoms with Crippen LogP contribution in [0.15, 0.2) is 18.2 Å². The van der Waals surface area contributed by atoms with Gasteiger partial charge in [-0.05, 0) is 18.2 Å². The molecule has 14 nitrogen and oxygen atoms in total. The molecule has 1 aromatic rings. The molecular formula is C24H31NO13. The maximum Gasteiger partial charge on any atom is 0.303 e. The summed E-state index contributed by atoms with van der Waals surface area (Å²) in [7, 11) is 1.32. The quantitative estimate of drug-likeness (QED) is 0.280. The molecule has 0 radical (unpaired) electrons. The van der Waals surface area contributed by atoms with Gasteiger partial charge in [-0.15, -0.1) is 0 Å². The van der Waals surface area contributed by atoms with Crippen LogP contribution in [0.4, 0.5) is 0 Å². The number of aliphatic hydroxyl groups is 1. The van der Waals surface area contributed by atoms with E-state index in [1.165, 1.54) is 25.3 Å². The molecule has 0 bridgehead atoms. The molecular weight excluding hydrogens is 510 g/mol. The van der Waals surface area contributed by atoms with Crippen LogP contribution in [0.3, 0.4) is 0 Å². The van der Waals surface area contributed by atoms with Gasteiger partial charge in [0.1, 0.15) is 12.7 Å². The highest BCUT2D eigenvalue weighted by atomic mass is 16.7. The first-order valence-electron chi connectivity index (χ1n) is 11.5. The summed E-state index contributed by atoms with van der Waals surface area (Å²) < 4.78 is 38.2. The van der Waals surface area contributed by atoms with Crippen molar-refractivity contribution >= 4 is 29.8 Å². The summed E-state index contributed by atoms with van der Waals surface area (Å²) in [4.78, 5) is 59.5. The Morgan fingerprint density at radius 2 is 1.47 bits per heavy atom. The minimum absolute atomic E-state index is 0.0458. The van der Waals surface area contributed by atoms with E-state index < -0.39 is 67.1 Å². The predicted molar refractivity (Wildman–Crippen MR) is 125 cm³/mol. The molecule has 0 aromatic heterocycles. The van der Waals surface area contributed by atoms with Crippen LogP contribution in [-0.2, 0) is 42.9 Å². The normalized spacial score (nSPS) is 22.4. The number of hydrogen-bond donors (Lipinski definition) is 2. The third-order valence-corrected chi connectivity index (χ3v) is 5.01. The molecule has 1 aliphatic rings. The molecule has 1 unspecified atom stereocenters. The van der Waals surface area contributed by atoms with Gasteiger partial charge in [0, 0.05) is 39.8 Å². The average Bonchev–Trinajstić information content (AvgIpc) is 2.84. The number of hydrogen-bond acceptors (Lipinski definition) is 13. The van der Waals surface area contributed by atoms with Crippen LogP contribution in [0.2, 0.25) is 0 Å². The number of carbonyl (C=O) groups excluding carboxylic acids is 5. The molecule has 1 fully saturated rings. The molecule has 2 rings (SSSR count). The smallest absolute Gasteiger partial charge is 0.303 e. The van der Waals surface area contributed by atoms with Gasteiger partial charge in [-0.2, -0.15) is 0 Å². The Bertz CT molecular complexity index is 1030. The van der Waals surface area contributed by atoms with Crippen molar-refractivity contribution in [2.75, 3.05) is 26.9 Å². The topological polar surface area (TPSA) is 182 Å². The van der Waals surface area contributed by atoms with Crippen molar-refractivity contribution in [1.29, 1.82) is 0 Å². The third kappa shape index (κ3) is 8.59. The van der Waals surface area contributed by atoms with Gasteiger partial charge in [0.15, 0.2) is 23.7 Å². The van der Waals surface area contributed by atoms with Crippen LogP contribution in [0.25, 0.3) is 0 Å². The molecule has 210 valence electrons. The van der Waals surface area contributed by atoms with Crippen LogP contribution in [-0.4, -0.2) is 92.5 Å². The number of esters is 4. The Morgan fingerprint density at radius 1 is 0.868 bits per heavy atom. The number of methoxy groups -OCH3 is 1. The SMILES string of the molecule is COc1cc(C(=O)NCCO)ccc1OC1O[C@@H](COC(C)=O)[C@H](OC(C)=O)[C@@H](OC(C)=O)[C@@H]1OC(C)=O. The van der Waals surface area contributed by atoms with Crippen molar-refractivity contribution in [1.82, 2.24) is 5.32 Å².